The number of rotatable bonds is 12. The summed E-state index contributed by atoms with van der Waals surface area (Å²) < 4.78 is 18.3. The van der Waals surface area contributed by atoms with Crippen LogP contribution < -0.4 is 19.1 Å². The van der Waals surface area contributed by atoms with Gasteiger partial charge >= 0.3 is 5.91 Å². The minimum absolute atomic E-state index is 0.0354. The van der Waals surface area contributed by atoms with E-state index in [0.717, 1.165) is 41.5 Å². The molecule has 0 radical (unpaired) electrons. The fourth-order valence-electron chi connectivity index (χ4n) is 5.08. The third-order valence-electron chi connectivity index (χ3n) is 7.27. The van der Waals surface area contributed by atoms with Crippen molar-refractivity contribution in [3.63, 3.8) is 0 Å². The minimum Gasteiger partial charge on any atom is -0.507 e. The number of fused-ring (bicyclic) bond motifs is 1. The molecule has 0 aliphatic carbocycles. The van der Waals surface area contributed by atoms with E-state index in [1.165, 1.54) is 16.2 Å². The molecule has 0 saturated carbocycles. The molecule has 5 rings (SSSR count). The van der Waals surface area contributed by atoms with E-state index in [2.05, 4.69) is 6.92 Å². The zero-order chi connectivity index (χ0) is 30.5. The largest absolute Gasteiger partial charge is 0.507 e. The third-order valence-corrected chi connectivity index (χ3v) is 8.29. The van der Waals surface area contributed by atoms with Crippen molar-refractivity contribution in [2.45, 2.75) is 52.5 Å². The predicted molar refractivity (Wildman–Crippen MR) is 169 cm³/mol. The molecular formula is C34H36N2O6S. The Kier molecular flexibility index (Phi) is 9.31. The summed E-state index contributed by atoms with van der Waals surface area (Å²) in [6.07, 6.45) is 3.88. The molecule has 0 spiro atoms. The van der Waals surface area contributed by atoms with Gasteiger partial charge in [0.25, 0.3) is 5.78 Å². The smallest absolute Gasteiger partial charge is 0.301 e. The first-order valence-electron chi connectivity index (χ1n) is 14.6. The number of carbonyl (C=O) groups is 2. The molecule has 0 bridgehead atoms. The van der Waals surface area contributed by atoms with Crippen LogP contribution in [-0.2, 0) is 9.59 Å². The Morgan fingerprint density at radius 3 is 2.56 bits per heavy atom. The fourth-order valence-corrected chi connectivity index (χ4v) is 6.17. The van der Waals surface area contributed by atoms with Crippen molar-refractivity contribution in [2.75, 3.05) is 25.2 Å². The molecule has 43 heavy (non-hydrogen) atoms. The highest BCUT2D eigenvalue weighted by atomic mass is 32.1. The van der Waals surface area contributed by atoms with Crippen LogP contribution in [0.5, 0.6) is 17.2 Å². The average Bonchev–Trinajstić information content (AvgIpc) is 3.55. The summed E-state index contributed by atoms with van der Waals surface area (Å²) in [5.41, 5.74) is 2.70. The van der Waals surface area contributed by atoms with Crippen LogP contribution in [0.4, 0.5) is 5.13 Å². The van der Waals surface area contributed by atoms with Crippen LogP contribution in [0.15, 0.2) is 66.2 Å². The van der Waals surface area contributed by atoms with Gasteiger partial charge < -0.3 is 19.3 Å². The topological polar surface area (TPSA) is 98.2 Å². The van der Waals surface area contributed by atoms with Crippen molar-refractivity contribution in [1.29, 1.82) is 0 Å². The van der Waals surface area contributed by atoms with Gasteiger partial charge in [-0.1, -0.05) is 62.3 Å². The number of Topliss-reactive ketones (excluding diaryl/α,β-unsaturated/α-hetero) is 1. The van der Waals surface area contributed by atoms with E-state index in [-0.39, 0.29) is 11.3 Å². The summed E-state index contributed by atoms with van der Waals surface area (Å²) in [6, 6.07) is 17.1. The van der Waals surface area contributed by atoms with Crippen LogP contribution in [0.25, 0.3) is 16.0 Å². The lowest BCUT2D eigenvalue weighted by molar-refractivity contribution is -0.132. The lowest BCUT2D eigenvalue weighted by Crippen LogP contribution is -2.29. The second-order valence-electron chi connectivity index (χ2n) is 10.5. The van der Waals surface area contributed by atoms with E-state index < -0.39 is 17.7 Å². The van der Waals surface area contributed by atoms with E-state index in [9.17, 15) is 14.7 Å². The average molecular weight is 601 g/mol. The highest BCUT2D eigenvalue weighted by Crippen LogP contribution is 2.46. The number of methoxy groups -OCH3 is 1. The van der Waals surface area contributed by atoms with Gasteiger partial charge in [-0.2, -0.15) is 0 Å². The van der Waals surface area contributed by atoms with E-state index in [1.54, 1.807) is 49.6 Å². The number of nitrogens with zero attached hydrogens (tertiary/aromatic N) is 2. The van der Waals surface area contributed by atoms with Crippen molar-refractivity contribution >= 4 is 44.1 Å². The zero-order valence-electron chi connectivity index (χ0n) is 24.9. The number of amides is 1. The highest BCUT2D eigenvalue weighted by Gasteiger charge is 2.48. The molecule has 9 heteroatoms. The number of carbonyl (C=O) groups excluding carboxylic acids is 2. The van der Waals surface area contributed by atoms with Crippen molar-refractivity contribution in [1.82, 2.24) is 4.98 Å². The van der Waals surface area contributed by atoms with Crippen LogP contribution in [0.3, 0.4) is 0 Å². The Hall–Kier alpha value is -4.37. The molecule has 3 aromatic carbocycles. The molecule has 2 heterocycles. The molecule has 1 N–H and O–H groups in total. The monoisotopic (exact) mass is 600 g/mol. The van der Waals surface area contributed by atoms with Crippen LogP contribution >= 0.6 is 11.3 Å². The Morgan fingerprint density at radius 2 is 1.79 bits per heavy atom. The SMILES string of the molecule is CCCCCOc1ccc(C2C(=C(O)c3cccc(OCCC)c3)C(=O)C(=O)N2c2nc3ccc(C)cc3s2)cc1OC. The predicted octanol–water partition coefficient (Wildman–Crippen LogP) is 7.60. The Bertz CT molecular complexity index is 1680. The molecular weight excluding hydrogens is 564 g/mol. The molecule has 224 valence electrons. The quantitative estimate of drug-likeness (QED) is 0.0774. The normalized spacial score (nSPS) is 16.2. The van der Waals surface area contributed by atoms with E-state index in [0.29, 0.717) is 46.7 Å². The fraction of sp³-hybridized carbons (Fsp3) is 0.324. The maximum absolute atomic E-state index is 13.7. The second-order valence-corrected chi connectivity index (χ2v) is 11.5. The summed E-state index contributed by atoms with van der Waals surface area (Å²) in [5, 5.41) is 12.0. The van der Waals surface area contributed by atoms with Crippen LogP contribution in [0.2, 0.25) is 0 Å². The number of anilines is 1. The van der Waals surface area contributed by atoms with Gasteiger partial charge in [0.1, 0.15) is 11.5 Å². The molecule has 1 aliphatic heterocycles. The van der Waals surface area contributed by atoms with Gasteiger partial charge in [-0.15, -0.1) is 0 Å². The molecule has 1 aliphatic rings. The summed E-state index contributed by atoms with van der Waals surface area (Å²) in [5.74, 6) is -0.255. The van der Waals surface area contributed by atoms with E-state index >= 15 is 0 Å². The van der Waals surface area contributed by atoms with E-state index in [1.807, 2.05) is 32.0 Å². The first kappa shape index (κ1) is 30.1. The maximum Gasteiger partial charge on any atom is 0.301 e. The van der Waals surface area contributed by atoms with Crippen molar-refractivity contribution < 1.29 is 28.9 Å². The molecule has 1 atom stereocenters. The number of aliphatic hydroxyl groups is 1. The number of aryl methyl sites for hydroxylation is 1. The molecule has 1 fully saturated rings. The van der Waals surface area contributed by atoms with Crippen LogP contribution in [0, 0.1) is 6.92 Å². The summed E-state index contributed by atoms with van der Waals surface area (Å²) in [7, 11) is 1.55. The maximum atomic E-state index is 13.7. The number of thiazole rings is 1. The molecule has 4 aromatic rings. The van der Waals surface area contributed by atoms with Crippen molar-refractivity contribution in [3.8, 4) is 17.2 Å². The van der Waals surface area contributed by atoms with Gasteiger partial charge in [0.2, 0.25) is 0 Å². The van der Waals surface area contributed by atoms with Crippen LogP contribution in [-0.4, -0.2) is 42.1 Å². The van der Waals surface area contributed by atoms with Gasteiger partial charge in [-0.05, 0) is 67.3 Å². The Labute approximate surface area is 255 Å². The number of ketones is 1. The molecule has 1 unspecified atom stereocenters. The lowest BCUT2D eigenvalue weighted by Gasteiger charge is -2.24. The number of benzene rings is 3. The Balaban J connectivity index is 1.64. The number of hydrogen-bond donors (Lipinski definition) is 1. The van der Waals surface area contributed by atoms with Gasteiger partial charge in [-0.3, -0.25) is 14.5 Å². The van der Waals surface area contributed by atoms with Gasteiger partial charge in [-0.25, -0.2) is 4.98 Å². The zero-order valence-corrected chi connectivity index (χ0v) is 25.7. The molecule has 8 nitrogen and oxygen atoms in total. The standard InChI is InChI=1S/C34H36N2O6S/c1-5-7-8-17-42-26-15-13-22(20-27(26)40-4)30-29(31(37)23-10-9-11-24(19-23)41-16-6-2)32(38)33(39)36(30)34-35-25-14-12-21(3)18-28(25)43-34/h9-15,18-20,30,37H,5-8,16-17H2,1-4H3. The summed E-state index contributed by atoms with van der Waals surface area (Å²) >= 11 is 1.32. The first-order chi connectivity index (χ1) is 20.9. The van der Waals surface area contributed by atoms with Crippen molar-refractivity contribution in [2.24, 2.45) is 0 Å². The number of aliphatic hydroxyl groups excluding tert-OH is 1. The molecule has 1 saturated heterocycles. The molecule has 1 aromatic heterocycles. The minimum atomic E-state index is -0.954. The van der Waals surface area contributed by atoms with Crippen molar-refractivity contribution in [3.05, 3.63) is 82.9 Å². The lowest BCUT2D eigenvalue weighted by atomic mass is 9.95. The number of aromatic nitrogens is 1. The van der Waals surface area contributed by atoms with Gasteiger partial charge in [0, 0.05) is 5.56 Å². The number of unbranched alkanes of at least 4 members (excludes halogenated alkanes) is 2. The van der Waals surface area contributed by atoms with Gasteiger partial charge in [0.05, 0.1) is 42.2 Å². The first-order valence-corrected chi connectivity index (χ1v) is 15.4. The number of ether oxygens (including phenoxy) is 3. The third kappa shape index (κ3) is 6.22. The summed E-state index contributed by atoms with van der Waals surface area (Å²) in [4.78, 5) is 33.5. The summed E-state index contributed by atoms with van der Waals surface area (Å²) in [6.45, 7) is 7.18. The number of hydrogen-bond acceptors (Lipinski definition) is 8. The van der Waals surface area contributed by atoms with Crippen LogP contribution in [0.1, 0.15) is 62.3 Å². The highest BCUT2D eigenvalue weighted by molar-refractivity contribution is 7.22. The Morgan fingerprint density at radius 1 is 0.953 bits per heavy atom. The second kappa shape index (κ2) is 13.3. The van der Waals surface area contributed by atoms with E-state index in [4.69, 9.17) is 19.2 Å². The van der Waals surface area contributed by atoms with Gasteiger partial charge in [0.15, 0.2) is 16.6 Å². The molecule has 1 amide bonds.